The SMILES string of the molecule is CCn1nccc1CN(C)C(=O)c1cc(-c2ccc(C)cc2)n[nH]1. The van der Waals surface area contributed by atoms with Crippen molar-refractivity contribution in [2.75, 3.05) is 7.05 Å². The summed E-state index contributed by atoms with van der Waals surface area (Å²) in [5.74, 6) is -0.0929. The molecule has 0 saturated carbocycles. The largest absolute Gasteiger partial charge is 0.335 e. The van der Waals surface area contributed by atoms with Crippen LogP contribution in [0.15, 0.2) is 42.6 Å². The van der Waals surface area contributed by atoms with Crippen LogP contribution in [-0.2, 0) is 13.1 Å². The van der Waals surface area contributed by atoms with Gasteiger partial charge < -0.3 is 4.90 Å². The summed E-state index contributed by atoms with van der Waals surface area (Å²) in [4.78, 5) is 14.3. The van der Waals surface area contributed by atoms with Crippen LogP contribution in [0.4, 0.5) is 0 Å². The summed E-state index contributed by atoms with van der Waals surface area (Å²) < 4.78 is 1.88. The van der Waals surface area contributed by atoms with E-state index in [4.69, 9.17) is 0 Å². The lowest BCUT2D eigenvalue weighted by Gasteiger charge is -2.16. The van der Waals surface area contributed by atoms with E-state index in [1.165, 1.54) is 5.56 Å². The number of hydrogen-bond donors (Lipinski definition) is 1. The molecule has 2 aromatic heterocycles. The maximum atomic E-state index is 12.6. The van der Waals surface area contributed by atoms with E-state index in [-0.39, 0.29) is 5.91 Å². The van der Waals surface area contributed by atoms with Gasteiger partial charge in [0.25, 0.3) is 5.91 Å². The fourth-order valence-electron chi connectivity index (χ4n) is 2.60. The first kappa shape index (κ1) is 16.0. The van der Waals surface area contributed by atoms with Crippen molar-refractivity contribution in [2.24, 2.45) is 0 Å². The van der Waals surface area contributed by atoms with Crippen LogP contribution in [0.25, 0.3) is 11.3 Å². The van der Waals surface area contributed by atoms with Gasteiger partial charge in [0.1, 0.15) is 5.69 Å². The Morgan fingerprint density at radius 2 is 2.00 bits per heavy atom. The van der Waals surface area contributed by atoms with E-state index < -0.39 is 0 Å². The van der Waals surface area contributed by atoms with Gasteiger partial charge in [-0.1, -0.05) is 29.8 Å². The summed E-state index contributed by atoms with van der Waals surface area (Å²) in [5.41, 5.74) is 4.44. The monoisotopic (exact) mass is 323 g/mol. The van der Waals surface area contributed by atoms with E-state index in [9.17, 15) is 4.79 Å². The summed E-state index contributed by atoms with van der Waals surface area (Å²) in [7, 11) is 1.78. The van der Waals surface area contributed by atoms with Crippen LogP contribution in [0.3, 0.4) is 0 Å². The minimum absolute atomic E-state index is 0.0929. The van der Waals surface area contributed by atoms with E-state index in [1.54, 1.807) is 24.2 Å². The molecule has 1 aromatic carbocycles. The third kappa shape index (κ3) is 3.22. The molecule has 3 rings (SSSR count). The number of carbonyl (C=O) groups excluding carboxylic acids is 1. The first-order chi connectivity index (χ1) is 11.6. The Balaban J connectivity index is 1.74. The zero-order valence-electron chi connectivity index (χ0n) is 14.2. The predicted octanol–water partition coefficient (Wildman–Crippen LogP) is 2.87. The van der Waals surface area contributed by atoms with Crippen LogP contribution in [-0.4, -0.2) is 37.8 Å². The molecule has 6 nitrogen and oxygen atoms in total. The predicted molar refractivity (Wildman–Crippen MR) is 92.5 cm³/mol. The highest BCUT2D eigenvalue weighted by Gasteiger charge is 2.17. The minimum Gasteiger partial charge on any atom is -0.335 e. The van der Waals surface area contributed by atoms with Gasteiger partial charge in [0.15, 0.2) is 0 Å². The molecule has 0 aliphatic heterocycles. The Labute approximate surface area is 141 Å². The Bertz CT molecular complexity index is 831. The summed E-state index contributed by atoms with van der Waals surface area (Å²) >= 11 is 0. The van der Waals surface area contributed by atoms with Crippen molar-refractivity contribution in [3.63, 3.8) is 0 Å². The number of benzene rings is 1. The number of nitrogens with one attached hydrogen (secondary N) is 1. The third-order valence-corrected chi connectivity index (χ3v) is 4.01. The van der Waals surface area contributed by atoms with Gasteiger partial charge in [-0.15, -0.1) is 0 Å². The summed E-state index contributed by atoms with van der Waals surface area (Å²) in [6.45, 7) is 5.36. The number of carbonyl (C=O) groups is 1. The second kappa shape index (κ2) is 6.70. The number of H-pyrrole nitrogens is 1. The number of rotatable bonds is 5. The van der Waals surface area contributed by atoms with E-state index in [2.05, 4.69) is 15.3 Å². The minimum atomic E-state index is -0.0929. The van der Waals surface area contributed by atoms with Crippen LogP contribution in [0, 0.1) is 6.92 Å². The van der Waals surface area contributed by atoms with Crippen LogP contribution in [0.1, 0.15) is 28.7 Å². The first-order valence-electron chi connectivity index (χ1n) is 7.97. The molecular weight excluding hydrogens is 302 g/mol. The second-order valence-electron chi connectivity index (χ2n) is 5.83. The van der Waals surface area contributed by atoms with Crippen LogP contribution < -0.4 is 0 Å². The van der Waals surface area contributed by atoms with E-state index in [1.807, 2.05) is 48.9 Å². The van der Waals surface area contributed by atoms with Crippen molar-refractivity contribution in [2.45, 2.75) is 26.9 Å². The first-order valence-corrected chi connectivity index (χ1v) is 7.97. The Morgan fingerprint density at radius 3 is 2.71 bits per heavy atom. The Morgan fingerprint density at radius 1 is 1.25 bits per heavy atom. The summed E-state index contributed by atoms with van der Waals surface area (Å²) in [6.07, 6.45) is 1.75. The molecule has 0 saturated heterocycles. The molecule has 0 fully saturated rings. The number of nitrogens with zero attached hydrogens (tertiary/aromatic N) is 4. The van der Waals surface area contributed by atoms with Crippen LogP contribution in [0.5, 0.6) is 0 Å². The molecule has 1 amide bonds. The number of amides is 1. The van der Waals surface area contributed by atoms with Gasteiger partial charge >= 0.3 is 0 Å². The summed E-state index contributed by atoms with van der Waals surface area (Å²) in [6, 6.07) is 11.8. The van der Waals surface area contributed by atoms with Crippen molar-refractivity contribution in [3.8, 4) is 11.3 Å². The van der Waals surface area contributed by atoms with Gasteiger partial charge in [-0.25, -0.2) is 0 Å². The average molecular weight is 323 g/mol. The maximum Gasteiger partial charge on any atom is 0.271 e. The number of aromatic amines is 1. The molecule has 24 heavy (non-hydrogen) atoms. The molecule has 124 valence electrons. The van der Waals surface area contributed by atoms with Crippen molar-refractivity contribution in [1.82, 2.24) is 24.9 Å². The van der Waals surface area contributed by atoms with Crippen molar-refractivity contribution < 1.29 is 4.79 Å². The maximum absolute atomic E-state index is 12.6. The van der Waals surface area contributed by atoms with Gasteiger partial charge in [0.2, 0.25) is 0 Å². The highest BCUT2D eigenvalue weighted by atomic mass is 16.2. The number of aryl methyl sites for hydroxylation is 2. The van der Waals surface area contributed by atoms with Gasteiger partial charge in [-0.2, -0.15) is 10.2 Å². The molecule has 1 N–H and O–H groups in total. The van der Waals surface area contributed by atoms with Crippen molar-refractivity contribution in [3.05, 3.63) is 59.5 Å². The lowest BCUT2D eigenvalue weighted by atomic mass is 10.1. The van der Waals surface area contributed by atoms with Gasteiger partial charge in [0, 0.05) is 25.4 Å². The highest BCUT2D eigenvalue weighted by Crippen LogP contribution is 2.19. The summed E-state index contributed by atoms with van der Waals surface area (Å²) in [5, 5.41) is 11.3. The highest BCUT2D eigenvalue weighted by molar-refractivity contribution is 5.93. The smallest absolute Gasteiger partial charge is 0.271 e. The van der Waals surface area contributed by atoms with Crippen LogP contribution in [0.2, 0.25) is 0 Å². The molecule has 0 aliphatic carbocycles. The molecule has 0 bridgehead atoms. The Hall–Kier alpha value is -2.89. The zero-order valence-corrected chi connectivity index (χ0v) is 14.2. The molecule has 3 aromatic rings. The molecule has 2 heterocycles. The number of aromatic nitrogens is 4. The second-order valence-corrected chi connectivity index (χ2v) is 5.83. The average Bonchev–Trinajstić information content (AvgIpc) is 3.24. The number of hydrogen-bond acceptors (Lipinski definition) is 3. The van der Waals surface area contributed by atoms with Gasteiger partial charge in [0.05, 0.1) is 17.9 Å². The Kier molecular flexibility index (Phi) is 4.46. The topological polar surface area (TPSA) is 66.8 Å². The molecular formula is C18H21N5O. The normalized spacial score (nSPS) is 10.8. The fraction of sp³-hybridized carbons (Fsp3) is 0.278. The fourth-order valence-corrected chi connectivity index (χ4v) is 2.60. The molecule has 0 radical (unpaired) electrons. The third-order valence-electron chi connectivity index (χ3n) is 4.01. The quantitative estimate of drug-likeness (QED) is 0.785. The lowest BCUT2D eigenvalue weighted by molar-refractivity contribution is 0.0775. The van der Waals surface area contributed by atoms with Gasteiger partial charge in [-0.05, 0) is 26.0 Å². The van der Waals surface area contributed by atoms with E-state index in [0.717, 1.165) is 23.5 Å². The molecule has 0 atom stereocenters. The molecule has 0 aliphatic rings. The lowest BCUT2D eigenvalue weighted by Crippen LogP contribution is -2.27. The van der Waals surface area contributed by atoms with Crippen molar-refractivity contribution in [1.29, 1.82) is 0 Å². The standard InChI is InChI=1S/C18H21N5O/c1-4-23-15(9-10-19-23)12-22(3)18(24)17-11-16(20-21-17)14-7-5-13(2)6-8-14/h5-11H,4,12H2,1-3H3,(H,20,21). The molecule has 6 heteroatoms. The van der Waals surface area contributed by atoms with Crippen LogP contribution >= 0.6 is 0 Å². The van der Waals surface area contributed by atoms with E-state index in [0.29, 0.717) is 12.2 Å². The van der Waals surface area contributed by atoms with Crippen molar-refractivity contribution >= 4 is 5.91 Å². The molecule has 0 unspecified atom stereocenters. The molecule has 0 spiro atoms. The van der Waals surface area contributed by atoms with Gasteiger partial charge in [-0.3, -0.25) is 14.6 Å². The van der Waals surface area contributed by atoms with E-state index >= 15 is 0 Å². The zero-order chi connectivity index (χ0) is 17.1.